The molecule has 0 aromatic heterocycles. The van der Waals surface area contributed by atoms with E-state index in [0.717, 1.165) is 25.8 Å². The van der Waals surface area contributed by atoms with E-state index in [1.54, 1.807) is 0 Å². The lowest BCUT2D eigenvalue weighted by atomic mass is 9.87. The van der Waals surface area contributed by atoms with Gasteiger partial charge in [0.05, 0.1) is 6.10 Å². The van der Waals surface area contributed by atoms with Gasteiger partial charge in [0, 0.05) is 12.5 Å². The summed E-state index contributed by atoms with van der Waals surface area (Å²) in [7, 11) is 0. The van der Waals surface area contributed by atoms with Gasteiger partial charge in [0.25, 0.3) is 0 Å². The fourth-order valence-electron chi connectivity index (χ4n) is 2.24. The van der Waals surface area contributed by atoms with Crippen molar-refractivity contribution in [3.05, 3.63) is 0 Å². The maximum Gasteiger partial charge on any atom is 0.140 e. The molecule has 0 bridgehead atoms. The SMILES string of the molecule is CC(CC(N)=NO)NCC1CCCC(O)C1. The Bertz CT molecular complexity index is 233. The minimum absolute atomic E-state index is 0.125. The second-order valence-electron chi connectivity index (χ2n) is 4.79. The summed E-state index contributed by atoms with van der Waals surface area (Å²) in [5.41, 5.74) is 5.42. The number of aliphatic hydroxyl groups is 1. The fraction of sp³-hybridized carbons (Fsp3) is 0.909. The van der Waals surface area contributed by atoms with Gasteiger partial charge in [0.2, 0.25) is 0 Å². The molecule has 1 fully saturated rings. The van der Waals surface area contributed by atoms with Crippen LogP contribution in [0.5, 0.6) is 0 Å². The first-order valence-electron chi connectivity index (χ1n) is 5.99. The summed E-state index contributed by atoms with van der Waals surface area (Å²) in [6.45, 7) is 2.91. The number of rotatable bonds is 5. The van der Waals surface area contributed by atoms with E-state index in [-0.39, 0.29) is 18.0 Å². The predicted molar refractivity (Wildman–Crippen MR) is 63.5 cm³/mol. The molecule has 5 nitrogen and oxygen atoms in total. The summed E-state index contributed by atoms with van der Waals surface area (Å²) in [6, 6.07) is 0.204. The number of oxime groups is 1. The van der Waals surface area contributed by atoms with E-state index < -0.39 is 0 Å². The number of nitrogens with two attached hydrogens (primary N) is 1. The van der Waals surface area contributed by atoms with Gasteiger partial charge in [-0.15, -0.1) is 0 Å². The number of nitrogens with one attached hydrogen (secondary N) is 1. The third-order valence-electron chi connectivity index (χ3n) is 3.15. The first-order chi connectivity index (χ1) is 7.61. The molecular weight excluding hydrogens is 206 g/mol. The molecule has 0 amide bonds. The molecule has 0 radical (unpaired) electrons. The molecule has 1 rings (SSSR count). The summed E-state index contributed by atoms with van der Waals surface area (Å²) >= 11 is 0. The molecule has 1 saturated carbocycles. The van der Waals surface area contributed by atoms with E-state index in [9.17, 15) is 5.11 Å². The molecule has 1 aliphatic carbocycles. The Morgan fingerprint density at radius 2 is 2.31 bits per heavy atom. The summed E-state index contributed by atoms with van der Waals surface area (Å²) in [5, 5.41) is 24.3. The fourth-order valence-corrected chi connectivity index (χ4v) is 2.24. The number of hydrogen-bond acceptors (Lipinski definition) is 4. The Hall–Kier alpha value is -0.810. The van der Waals surface area contributed by atoms with Crippen molar-refractivity contribution < 1.29 is 10.3 Å². The zero-order chi connectivity index (χ0) is 12.0. The molecule has 5 heteroatoms. The van der Waals surface area contributed by atoms with Crippen LogP contribution in [0, 0.1) is 5.92 Å². The van der Waals surface area contributed by atoms with Crippen molar-refractivity contribution in [3.63, 3.8) is 0 Å². The molecule has 3 atom stereocenters. The van der Waals surface area contributed by atoms with Gasteiger partial charge in [-0.3, -0.25) is 0 Å². The van der Waals surface area contributed by atoms with Gasteiger partial charge in [-0.05, 0) is 38.6 Å². The van der Waals surface area contributed by atoms with E-state index in [0.29, 0.717) is 12.3 Å². The molecule has 0 aromatic rings. The summed E-state index contributed by atoms with van der Waals surface area (Å²) in [6.07, 6.45) is 4.55. The molecule has 94 valence electrons. The molecule has 5 N–H and O–H groups in total. The quantitative estimate of drug-likeness (QED) is 0.241. The van der Waals surface area contributed by atoms with Gasteiger partial charge < -0.3 is 21.4 Å². The number of hydrogen-bond donors (Lipinski definition) is 4. The summed E-state index contributed by atoms with van der Waals surface area (Å²) < 4.78 is 0. The second-order valence-corrected chi connectivity index (χ2v) is 4.79. The third kappa shape index (κ3) is 4.81. The normalized spacial score (nSPS) is 29.0. The Morgan fingerprint density at radius 3 is 2.94 bits per heavy atom. The van der Waals surface area contributed by atoms with E-state index in [1.807, 2.05) is 6.92 Å². The van der Waals surface area contributed by atoms with Crippen LogP contribution in [-0.2, 0) is 0 Å². The largest absolute Gasteiger partial charge is 0.409 e. The van der Waals surface area contributed by atoms with Crippen LogP contribution in [0.2, 0.25) is 0 Å². The minimum atomic E-state index is -0.125. The van der Waals surface area contributed by atoms with Gasteiger partial charge in [-0.25, -0.2) is 0 Å². The lowest BCUT2D eigenvalue weighted by molar-refractivity contribution is 0.0998. The molecule has 0 saturated heterocycles. The Balaban J connectivity index is 2.18. The Labute approximate surface area is 96.7 Å². The minimum Gasteiger partial charge on any atom is -0.409 e. The van der Waals surface area contributed by atoms with Crippen LogP contribution in [0.4, 0.5) is 0 Å². The van der Waals surface area contributed by atoms with E-state index >= 15 is 0 Å². The van der Waals surface area contributed by atoms with Crippen molar-refractivity contribution in [3.8, 4) is 0 Å². The average molecular weight is 229 g/mol. The lowest BCUT2D eigenvalue weighted by Crippen LogP contribution is -2.36. The van der Waals surface area contributed by atoms with Crippen LogP contribution in [0.25, 0.3) is 0 Å². The van der Waals surface area contributed by atoms with Crippen molar-refractivity contribution in [2.45, 2.75) is 51.2 Å². The van der Waals surface area contributed by atoms with Crippen LogP contribution in [0.15, 0.2) is 5.16 Å². The summed E-state index contributed by atoms with van der Waals surface area (Å²) in [5.74, 6) is 0.808. The van der Waals surface area contributed by atoms with Crippen LogP contribution in [-0.4, -0.2) is 34.8 Å². The molecule has 0 spiro atoms. The van der Waals surface area contributed by atoms with Crippen LogP contribution in [0.3, 0.4) is 0 Å². The maximum absolute atomic E-state index is 9.53. The van der Waals surface area contributed by atoms with Crippen LogP contribution in [0.1, 0.15) is 39.0 Å². The number of amidine groups is 1. The Morgan fingerprint density at radius 1 is 1.56 bits per heavy atom. The van der Waals surface area contributed by atoms with Gasteiger partial charge in [-0.2, -0.15) is 0 Å². The highest BCUT2D eigenvalue weighted by Crippen LogP contribution is 2.23. The number of aliphatic hydroxyl groups excluding tert-OH is 1. The van der Waals surface area contributed by atoms with Crippen LogP contribution < -0.4 is 11.1 Å². The van der Waals surface area contributed by atoms with Crippen molar-refractivity contribution >= 4 is 5.84 Å². The van der Waals surface area contributed by atoms with E-state index in [1.165, 1.54) is 6.42 Å². The van der Waals surface area contributed by atoms with Crippen molar-refractivity contribution in [2.24, 2.45) is 16.8 Å². The maximum atomic E-state index is 9.53. The first-order valence-corrected chi connectivity index (χ1v) is 5.99. The monoisotopic (exact) mass is 229 g/mol. The molecule has 16 heavy (non-hydrogen) atoms. The molecule has 0 aromatic carbocycles. The third-order valence-corrected chi connectivity index (χ3v) is 3.15. The lowest BCUT2D eigenvalue weighted by Gasteiger charge is -2.27. The number of nitrogens with zero attached hydrogens (tertiary/aromatic N) is 1. The second kappa shape index (κ2) is 6.70. The average Bonchev–Trinajstić information content (AvgIpc) is 2.26. The van der Waals surface area contributed by atoms with Crippen LogP contribution >= 0.6 is 0 Å². The molecule has 3 unspecified atom stereocenters. The summed E-state index contributed by atoms with van der Waals surface area (Å²) in [4.78, 5) is 0. The van der Waals surface area contributed by atoms with Gasteiger partial charge >= 0.3 is 0 Å². The highest BCUT2D eigenvalue weighted by Gasteiger charge is 2.20. The van der Waals surface area contributed by atoms with Crippen molar-refractivity contribution in [1.82, 2.24) is 5.32 Å². The topological polar surface area (TPSA) is 90.9 Å². The molecule has 0 heterocycles. The molecule has 0 aliphatic heterocycles. The standard InChI is InChI=1S/C11H23N3O2/c1-8(5-11(12)14-16)13-7-9-3-2-4-10(15)6-9/h8-10,13,15-16H,2-7H2,1H3,(H2,12,14). The first kappa shape index (κ1) is 13.3. The van der Waals surface area contributed by atoms with Gasteiger partial charge in [-0.1, -0.05) is 11.6 Å². The highest BCUT2D eigenvalue weighted by molar-refractivity contribution is 5.80. The highest BCUT2D eigenvalue weighted by atomic mass is 16.4. The van der Waals surface area contributed by atoms with Gasteiger partial charge in [0.1, 0.15) is 5.84 Å². The Kier molecular flexibility index (Phi) is 5.55. The molecular formula is C11H23N3O2. The smallest absolute Gasteiger partial charge is 0.140 e. The zero-order valence-electron chi connectivity index (χ0n) is 9.89. The van der Waals surface area contributed by atoms with Gasteiger partial charge in [0.15, 0.2) is 0 Å². The predicted octanol–water partition coefficient (Wildman–Crippen LogP) is 0.652. The van der Waals surface area contributed by atoms with Crippen molar-refractivity contribution in [2.75, 3.05) is 6.54 Å². The van der Waals surface area contributed by atoms with Crippen molar-refractivity contribution in [1.29, 1.82) is 0 Å². The molecule has 1 aliphatic rings. The van der Waals surface area contributed by atoms with E-state index in [2.05, 4.69) is 10.5 Å². The zero-order valence-corrected chi connectivity index (χ0v) is 9.89. The van der Waals surface area contributed by atoms with E-state index in [4.69, 9.17) is 10.9 Å².